The molecule has 0 aliphatic carbocycles. The molecule has 0 saturated carbocycles. The molecule has 0 spiro atoms. The summed E-state index contributed by atoms with van der Waals surface area (Å²) in [4.78, 5) is 0. The summed E-state index contributed by atoms with van der Waals surface area (Å²) in [6.45, 7) is 9.82. The summed E-state index contributed by atoms with van der Waals surface area (Å²) in [6, 6.07) is 15.5. The second kappa shape index (κ2) is 10.4. The van der Waals surface area contributed by atoms with Crippen molar-refractivity contribution in [3.05, 3.63) is 89.5 Å². The first-order valence-corrected chi connectivity index (χ1v) is 9.33. The third-order valence-corrected chi connectivity index (χ3v) is 4.33. The second-order valence-electron chi connectivity index (χ2n) is 6.26. The highest BCUT2D eigenvalue weighted by atomic mass is 16.5. The molecule has 2 N–H and O–H groups in total. The number of phenolic OH excluding ortho intramolecular Hbond substituents is 1. The fourth-order valence-electron chi connectivity index (χ4n) is 3.00. The molecule has 0 unspecified atom stereocenters. The molecular formula is C24H29NO2. The highest BCUT2D eigenvalue weighted by molar-refractivity contribution is 5.85. The van der Waals surface area contributed by atoms with E-state index < -0.39 is 0 Å². The van der Waals surface area contributed by atoms with Crippen molar-refractivity contribution in [2.75, 3.05) is 20.2 Å². The number of phenols is 1. The van der Waals surface area contributed by atoms with Gasteiger partial charge in [-0.05, 0) is 72.5 Å². The molecule has 0 heterocycles. The topological polar surface area (TPSA) is 41.5 Å². The van der Waals surface area contributed by atoms with Gasteiger partial charge in [0.2, 0.25) is 0 Å². The van der Waals surface area contributed by atoms with Crippen LogP contribution in [0.25, 0.3) is 5.57 Å². The minimum atomic E-state index is 0.261. The molecule has 2 rings (SSSR count). The third kappa shape index (κ3) is 5.60. The van der Waals surface area contributed by atoms with Gasteiger partial charge in [-0.15, -0.1) is 0 Å². The van der Waals surface area contributed by atoms with Crippen LogP contribution < -0.4 is 10.1 Å². The number of ether oxygens (including phenoxy) is 1. The molecule has 0 saturated heterocycles. The Kier molecular flexibility index (Phi) is 7.90. The lowest BCUT2D eigenvalue weighted by Gasteiger charge is -2.17. The Labute approximate surface area is 162 Å². The molecule has 2 aromatic carbocycles. The van der Waals surface area contributed by atoms with Gasteiger partial charge in [-0.25, -0.2) is 0 Å². The Hall–Kier alpha value is -2.78. The van der Waals surface area contributed by atoms with Gasteiger partial charge in [0.1, 0.15) is 18.1 Å². The van der Waals surface area contributed by atoms with Crippen molar-refractivity contribution in [2.24, 2.45) is 0 Å². The summed E-state index contributed by atoms with van der Waals surface area (Å²) in [6.07, 6.45) is 4.90. The minimum absolute atomic E-state index is 0.261. The molecule has 0 radical (unpaired) electrons. The number of benzene rings is 2. The highest BCUT2D eigenvalue weighted by Gasteiger charge is 2.13. The Morgan fingerprint density at radius 1 is 1.07 bits per heavy atom. The summed E-state index contributed by atoms with van der Waals surface area (Å²) >= 11 is 0. The first-order valence-electron chi connectivity index (χ1n) is 9.33. The maximum absolute atomic E-state index is 9.67. The number of likely N-dealkylation sites (N-methyl/N-ethyl adjacent to an activating group) is 1. The van der Waals surface area contributed by atoms with Crippen LogP contribution in [0, 0.1) is 0 Å². The quantitative estimate of drug-likeness (QED) is 0.467. The van der Waals surface area contributed by atoms with Gasteiger partial charge in [-0.1, -0.05) is 49.9 Å². The normalized spacial score (nSPS) is 12.1. The minimum Gasteiger partial charge on any atom is -0.508 e. The van der Waals surface area contributed by atoms with Crippen LogP contribution in [0.5, 0.6) is 11.5 Å². The van der Waals surface area contributed by atoms with E-state index in [-0.39, 0.29) is 5.75 Å². The van der Waals surface area contributed by atoms with Crippen LogP contribution in [0.2, 0.25) is 0 Å². The smallest absolute Gasteiger partial charge is 0.119 e. The Morgan fingerprint density at radius 2 is 1.67 bits per heavy atom. The van der Waals surface area contributed by atoms with Crippen LogP contribution >= 0.6 is 0 Å². The first kappa shape index (κ1) is 20.5. The summed E-state index contributed by atoms with van der Waals surface area (Å²) in [5.74, 6) is 1.11. The van der Waals surface area contributed by atoms with Crippen molar-refractivity contribution in [1.29, 1.82) is 0 Å². The average molecular weight is 364 g/mol. The van der Waals surface area contributed by atoms with Crippen molar-refractivity contribution < 1.29 is 9.84 Å². The number of aromatic hydroxyl groups is 1. The Morgan fingerprint density at radius 3 is 2.19 bits per heavy atom. The summed E-state index contributed by atoms with van der Waals surface area (Å²) in [7, 11) is 1.91. The summed E-state index contributed by atoms with van der Waals surface area (Å²) in [5.41, 5.74) is 5.46. The van der Waals surface area contributed by atoms with Gasteiger partial charge < -0.3 is 15.2 Å². The molecule has 0 aromatic heterocycles. The van der Waals surface area contributed by atoms with Crippen molar-refractivity contribution in [1.82, 2.24) is 5.32 Å². The predicted octanol–water partition coefficient (Wildman–Crippen LogP) is 5.33. The molecule has 2 aromatic rings. The van der Waals surface area contributed by atoms with Gasteiger partial charge in [0.25, 0.3) is 0 Å². The fraction of sp³-hybridized carbons (Fsp3) is 0.250. The zero-order chi connectivity index (χ0) is 19.6. The highest BCUT2D eigenvalue weighted by Crippen LogP contribution is 2.33. The van der Waals surface area contributed by atoms with Gasteiger partial charge in [0.15, 0.2) is 0 Å². The van der Waals surface area contributed by atoms with E-state index in [9.17, 15) is 5.11 Å². The predicted molar refractivity (Wildman–Crippen MR) is 114 cm³/mol. The van der Waals surface area contributed by atoms with Gasteiger partial charge in [-0.3, -0.25) is 0 Å². The van der Waals surface area contributed by atoms with Crippen LogP contribution in [-0.4, -0.2) is 25.3 Å². The van der Waals surface area contributed by atoms with Crippen LogP contribution in [0.4, 0.5) is 0 Å². The molecule has 27 heavy (non-hydrogen) atoms. The van der Waals surface area contributed by atoms with Gasteiger partial charge in [0.05, 0.1) is 0 Å². The van der Waals surface area contributed by atoms with E-state index in [2.05, 4.69) is 31.0 Å². The lowest BCUT2D eigenvalue weighted by atomic mass is 9.88. The Bertz CT molecular complexity index is 799. The van der Waals surface area contributed by atoms with E-state index in [1.165, 1.54) is 5.57 Å². The van der Waals surface area contributed by atoms with Crippen molar-refractivity contribution >= 4 is 5.57 Å². The number of hydrogen-bond acceptors (Lipinski definition) is 3. The number of nitrogens with one attached hydrogen (secondary N) is 1. The first-order chi connectivity index (χ1) is 13.1. The summed E-state index contributed by atoms with van der Waals surface area (Å²) in [5, 5.41) is 12.7. The van der Waals surface area contributed by atoms with Crippen molar-refractivity contribution in [2.45, 2.75) is 20.3 Å². The molecular weight excluding hydrogens is 334 g/mol. The molecule has 142 valence electrons. The molecule has 0 atom stereocenters. The van der Waals surface area contributed by atoms with Crippen molar-refractivity contribution in [3.63, 3.8) is 0 Å². The number of allylic oxidation sites excluding steroid dienone is 4. The van der Waals surface area contributed by atoms with Crippen LogP contribution in [0.1, 0.15) is 31.4 Å². The SMILES string of the molecule is C=C(/C=C\C)/C(CC)=C(/c1ccc(O)cc1)c1ccc(OCCNC)cc1. The molecule has 0 bridgehead atoms. The van der Waals surface area contributed by atoms with E-state index >= 15 is 0 Å². The van der Waals surface area contributed by atoms with Crippen LogP contribution in [0.15, 0.2) is 78.4 Å². The van der Waals surface area contributed by atoms with E-state index in [0.717, 1.165) is 41.0 Å². The van der Waals surface area contributed by atoms with E-state index in [1.807, 2.05) is 50.4 Å². The standard InChI is InChI=1S/C24H29NO2/c1-5-7-18(3)23(6-2)24(19-8-12-21(26)13-9-19)20-10-14-22(15-11-20)27-17-16-25-4/h5,7-15,25-26H,3,6,16-17H2,1-2,4H3/b7-5-,24-23-. The number of rotatable bonds is 9. The summed E-state index contributed by atoms with van der Waals surface area (Å²) < 4.78 is 5.74. The molecule has 0 fully saturated rings. The zero-order valence-electron chi connectivity index (χ0n) is 16.5. The van der Waals surface area contributed by atoms with E-state index in [0.29, 0.717) is 6.61 Å². The second-order valence-corrected chi connectivity index (χ2v) is 6.26. The Balaban J connectivity index is 2.49. The third-order valence-electron chi connectivity index (χ3n) is 4.33. The lowest BCUT2D eigenvalue weighted by molar-refractivity contribution is 0.318. The van der Waals surface area contributed by atoms with Crippen LogP contribution in [0.3, 0.4) is 0 Å². The molecule has 3 heteroatoms. The molecule has 3 nitrogen and oxygen atoms in total. The molecule has 0 aliphatic heterocycles. The van der Waals surface area contributed by atoms with E-state index in [4.69, 9.17) is 4.74 Å². The zero-order valence-corrected chi connectivity index (χ0v) is 16.5. The van der Waals surface area contributed by atoms with Gasteiger partial charge in [-0.2, -0.15) is 0 Å². The monoisotopic (exact) mass is 363 g/mol. The van der Waals surface area contributed by atoms with Gasteiger partial charge >= 0.3 is 0 Å². The van der Waals surface area contributed by atoms with Gasteiger partial charge in [0, 0.05) is 6.54 Å². The maximum Gasteiger partial charge on any atom is 0.119 e. The van der Waals surface area contributed by atoms with E-state index in [1.54, 1.807) is 12.1 Å². The average Bonchev–Trinajstić information content (AvgIpc) is 2.68. The molecule has 0 amide bonds. The molecule has 0 aliphatic rings. The lowest BCUT2D eigenvalue weighted by Crippen LogP contribution is -2.15. The maximum atomic E-state index is 9.67. The fourth-order valence-corrected chi connectivity index (χ4v) is 3.00. The largest absolute Gasteiger partial charge is 0.508 e. The van der Waals surface area contributed by atoms with Crippen LogP contribution in [-0.2, 0) is 0 Å². The number of hydrogen-bond donors (Lipinski definition) is 2. The van der Waals surface area contributed by atoms with Crippen molar-refractivity contribution in [3.8, 4) is 11.5 Å².